The first-order chi connectivity index (χ1) is 14.1. The molecular formula is C24H25N3O2. The zero-order valence-corrected chi connectivity index (χ0v) is 16.8. The second-order valence-electron chi connectivity index (χ2n) is 6.88. The molecule has 0 spiro atoms. The number of nitrogens with one attached hydrogen (secondary N) is 1. The maximum absolute atomic E-state index is 12.9. The van der Waals surface area contributed by atoms with E-state index in [1.54, 1.807) is 11.0 Å². The summed E-state index contributed by atoms with van der Waals surface area (Å²) in [6, 6.07) is 19.3. The molecule has 0 fully saturated rings. The number of aryl methyl sites for hydroxylation is 1. The van der Waals surface area contributed by atoms with Crippen LogP contribution in [0.15, 0.2) is 73.1 Å². The van der Waals surface area contributed by atoms with Gasteiger partial charge in [0.05, 0.1) is 11.1 Å². The van der Waals surface area contributed by atoms with Gasteiger partial charge in [0.25, 0.3) is 11.8 Å². The topological polar surface area (TPSA) is 62.3 Å². The van der Waals surface area contributed by atoms with Gasteiger partial charge in [0.15, 0.2) is 0 Å². The fraction of sp³-hybridized carbons (Fsp3) is 0.208. The third kappa shape index (κ3) is 5.29. The fourth-order valence-corrected chi connectivity index (χ4v) is 3.08. The molecule has 0 saturated heterocycles. The van der Waals surface area contributed by atoms with Gasteiger partial charge in [-0.05, 0) is 36.6 Å². The smallest absolute Gasteiger partial charge is 0.255 e. The molecule has 0 radical (unpaired) electrons. The first-order valence-electron chi connectivity index (χ1n) is 9.69. The first-order valence-corrected chi connectivity index (χ1v) is 9.69. The number of hydrogen-bond donors (Lipinski definition) is 1. The third-order valence-corrected chi connectivity index (χ3v) is 4.83. The second-order valence-corrected chi connectivity index (χ2v) is 6.88. The Labute approximate surface area is 171 Å². The molecule has 5 nitrogen and oxygen atoms in total. The molecule has 0 unspecified atom stereocenters. The standard InChI is InChI=1S/C24H25N3O2/c1-3-27(17-19-10-5-4-6-11-19)24(29)22-13-21(14-25-15-22)23(28)26-16-20-12-8-7-9-18(20)2/h4-15H,3,16-17H2,1-2H3,(H,26,28). The molecule has 0 aliphatic rings. The van der Waals surface area contributed by atoms with Crippen LogP contribution in [0, 0.1) is 6.92 Å². The van der Waals surface area contributed by atoms with Crippen molar-refractivity contribution in [1.82, 2.24) is 15.2 Å². The van der Waals surface area contributed by atoms with Gasteiger partial charge < -0.3 is 10.2 Å². The van der Waals surface area contributed by atoms with Crippen molar-refractivity contribution in [1.29, 1.82) is 0 Å². The number of carbonyl (C=O) groups excluding carboxylic acids is 2. The highest BCUT2D eigenvalue weighted by Gasteiger charge is 2.17. The average Bonchev–Trinajstić information content (AvgIpc) is 2.77. The van der Waals surface area contributed by atoms with E-state index in [-0.39, 0.29) is 11.8 Å². The second kappa shape index (κ2) is 9.64. The Morgan fingerprint density at radius 3 is 2.38 bits per heavy atom. The SMILES string of the molecule is CCN(Cc1ccccc1)C(=O)c1cncc(C(=O)NCc2ccccc2C)c1. The van der Waals surface area contributed by atoms with E-state index in [1.165, 1.54) is 12.4 Å². The van der Waals surface area contributed by atoms with E-state index in [0.29, 0.717) is 30.8 Å². The summed E-state index contributed by atoms with van der Waals surface area (Å²) in [5.74, 6) is -0.390. The minimum absolute atomic E-state index is 0.141. The molecule has 2 amide bonds. The van der Waals surface area contributed by atoms with Crippen molar-refractivity contribution in [3.63, 3.8) is 0 Å². The number of nitrogens with zero attached hydrogens (tertiary/aromatic N) is 2. The Kier molecular flexibility index (Phi) is 6.74. The number of aromatic nitrogens is 1. The highest BCUT2D eigenvalue weighted by molar-refractivity contribution is 5.99. The van der Waals surface area contributed by atoms with Crippen LogP contribution in [0.3, 0.4) is 0 Å². The van der Waals surface area contributed by atoms with Crippen molar-refractivity contribution in [3.05, 3.63) is 101 Å². The summed E-state index contributed by atoms with van der Waals surface area (Å²) in [6.45, 7) is 5.46. The Hall–Kier alpha value is -3.47. The molecule has 0 saturated carbocycles. The van der Waals surface area contributed by atoms with E-state index in [2.05, 4.69) is 10.3 Å². The Balaban J connectivity index is 1.69. The molecule has 0 bridgehead atoms. The number of amides is 2. The number of benzene rings is 2. The Morgan fingerprint density at radius 1 is 0.966 bits per heavy atom. The maximum Gasteiger partial charge on any atom is 0.255 e. The van der Waals surface area contributed by atoms with Crippen LogP contribution in [0.2, 0.25) is 0 Å². The predicted octanol–water partition coefficient (Wildman–Crippen LogP) is 3.98. The molecule has 1 N–H and O–H groups in total. The van der Waals surface area contributed by atoms with E-state index in [0.717, 1.165) is 16.7 Å². The largest absolute Gasteiger partial charge is 0.348 e. The highest BCUT2D eigenvalue weighted by Crippen LogP contribution is 2.12. The van der Waals surface area contributed by atoms with Crippen molar-refractivity contribution < 1.29 is 9.59 Å². The molecule has 29 heavy (non-hydrogen) atoms. The summed E-state index contributed by atoms with van der Waals surface area (Å²) in [7, 11) is 0. The van der Waals surface area contributed by atoms with Crippen LogP contribution in [0.1, 0.15) is 44.3 Å². The van der Waals surface area contributed by atoms with Crippen molar-refractivity contribution in [2.24, 2.45) is 0 Å². The van der Waals surface area contributed by atoms with Crippen molar-refractivity contribution in [2.75, 3.05) is 6.54 Å². The lowest BCUT2D eigenvalue weighted by molar-refractivity contribution is 0.0752. The molecule has 5 heteroatoms. The summed E-state index contributed by atoms with van der Waals surface area (Å²) >= 11 is 0. The van der Waals surface area contributed by atoms with Gasteiger partial charge in [0, 0.05) is 32.0 Å². The van der Waals surface area contributed by atoms with Crippen LogP contribution in [0.25, 0.3) is 0 Å². The highest BCUT2D eigenvalue weighted by atomic mass is 16.2. The van der Waals surface area contributed by atoms with E-state index < -0.39 is 0 Å². The number of hydrogen-bond acceptors (Lipinski definition) is 3. The Bertz CT molecular complexity index is 986. The number of pyridine rings is 1. The van der Waals surface area contributed by atoms with Gasteiger partial charge in [-0.15, -0.1) is 0 Å². The zero-order chi connectivity index (χ0) is 20.6. The zero-order valence-electron chi connectivity index (χ0n) is 16.8. The summed E-state index contributed by atoms with van der Waals surface area (Å²) < 4.78 is 0. The van der Waals surface area contributed by atoms with Crippen molar-refractivity contribution >= 4 is 11.8 Å². The molecular weight excluding hydrogens is 362 g/mol. The van der Waals surface area contributed by atoms with E-state index >= 15 is 0 Å². The van der Waals surface area contributed by atoms with Crippen LogP contribution in [-0.4, -0.2) is 28.2 Å². The molecule has 148 valence electrons. The first kappa shape index (κ1) is 20.3. The minimum Gasteiger partial charge on any atom is -0.348 e. The van der Waals surface area contributed by atoms with Crippen LogP contribution >= 0.6 is 0 Å². The van der Waals surface area contributed by atoms with E-state index in [9.17, 15) is 9.59 Å². The minimum atomic E-state index is -0.249. The lowest BCUT2D eigenvalue weighted by atomic mass is 10.1. The normalized spacial score (nSPS) is 10.4. The summed E-state index contributed by atoms with van der Waals surface area (Å²) in [5.41, 5.74) is 4.02. The van der Waals surface area contributed by atoms with Crippen molar-refractivity contribution in [2.45, 2.75) is 26.9 Å². The molecule has 1 heterocycles. The molecule has 0 atom stereocenters. The van der Waals surface area contributed by atoms with Gasteiger partial charge in [-0.25, -0.2) is 0 Å². The number of rotatable bonds is 7. The monoisotopic (exact) mass is 387 g/mol. The number of carbonyl (C=O) groups is 2. The lowest BCUT2D eigenvalue weighted by Gasteiger charge is -2.21. The van der Waals surface area contributed by atoms with Crippen molar-refractivity contribution in [3.8, 4) is 0 Å². The average molecular weight is 387 g/mol. The Morgan fingerprint density at radius 2 is 1.66 bits per heavy atom. The van der Waals surface area contributed by atoms with Gasteiger partial charge in [-0.3, -0.25) is 14.6 Å². The van der Waals surface area contributed by atoms with E-state index in [4.69, 9.17) is 0 Å². The molecule has 0 aliphatic heterocycles. The molecule has 2 aromatic carbocycles. The van der Waals surface area contributed by atoms with Crippen LogP contribution in [-0.2, 0) is 13.1 Å². The van der Waals surface area contributed by atoms with Gasteiger partial charge in [0.2, 0.25) is 0 Å². The van der Waals surface area contributed by atoms with Crippen LogP contribution in [0.5, 0.6) is 0 Å². The maximum atomic E-state index is 12.9. The molecule has 3 aromatic rings. The van der Waals surface area contributed by atoms with Gasteiger partial charge >= 0.3 is 0 Å². The summed E-state index contributed by atoms with van der Waals surface area (Å²) in [4.78, 5) is 31.3. The molecule has 1 aromatic heterocycles. The van der Waals surface area contributed by atoms with Gasteiger partial charge in [-0.1, -0.05) is 54.6 Å². The van der Waals surface area contributed by atoms with Crippen LogP contribution in [0.4, 0.5) is 0 Å². The fourth-order valence-electron chi connectivity index (χ4n) is 3.08. The predicted molar refractivity (Wildman–Crippen MR) is 113 cm³/mol. The molecule has 3 rings (SSSR count). The van der Waals surface area contributed by atoms with Gasteiger partial charge in [0.1, 0.15) is 0 Å². The lowest BCUT2D eigenvalue weighted by Crippen LogP contribution is -2.31. The van der Waals surface area contributed by atoms with Gasteiger partial charge in [-0.2, -0.15) is 0 Å². The summed E-state index contributed by atoms with van der Waals surface area (Å²) in [6.07, 6.45) is 2.99. The van der Waals surface area contributed by atoms with Crippen LogP contribution < -0.4 is 5.32 Å². The summed E-state index contributed by atoms with van der Waals surface area (Å²) in [5, 5.41) is 2.90. The molecule has 0 aliphatic carbocycles. The quantitative estimate of drug-likeness (QED) is 0.667. The third-order valence-electron chi connectivity index (χ3n) is 4.83. The van der Waals surface area contributed by atoms with E-state index in [1.807, 2.05) is 68.4 Å².